The molecule has 0 saturated heterocycles. The van der Waals surface area contributed by atoms with Crippen LogP contribution in [0.4, 0.5) is 4.79 Å². The molecule has 0 saturated carbocycles. The predicted octanol–water partition coefficient (Wildman–Crippen LogP) is 1.43. The zero-order valence-electron chi connectivity index (χ0n) is 19.2. The molecule has 0 fully saturated rings. The summed E-state index contributed by atoms with van der Waals surface area (Å²) in [4.78, 5) is 50.7. The van der Waals surface area contributed by atoms with Crippen LogP contribution in [-0.2, 0) is 16.1 Å². The summed E-state index contributed by atoms with van der Waals surface area (Å²) in [6, 6.07) is 8.97. The van der Waals surface area contributed by atoms with Crippen LogP contribution in [-0.4, -0.2) is 67.6 Å². The van der Waals surface area contributed by atoms with Crippen molar-refractivity contribution in [3.8, 4) is 0 Å². The number of carbonyl (C=O) groups excluding carboxylic acids is 3. The van der Waals surface area contributed by atoms with E-state index in [1.807, 2.05) is 6.07 Å². The van der Waals surface area contributed by atoms with E-state index in [1.165, 1.54) is 6.33 Å². The van der Waals surface area contributed by atoms with E-state index in [1.54, 1.807) is 45.0 Å². The number of esters is 1. The molecule has 180 valence electrons. The van der Waals surface area contributed by atoms with Gasteiger partial charge in [0, 0.05) is 13.1 Å². The van der Waals surface area contributed by atoms with E-state index in [2.05, 4.69) is 15.0 Å². The Morgan fingerprint density at radius 3 is 2.56 bits per heavy atom. The standard InChI is InChI=1S/C22H27N7O5/c1-22(2,3)34-21(32)28(10-9-23)11-15(30)29-17(24)16-18(26-13-25-16)27-19(29)20(31)33-12-14-7-5-4-6-8-14/h4-8,13,24H,9-12,23H2,1-3H3,(H,25,26). The molecule has 34 heavy (non-hydrogen) atoms. The maximum Gasteiger partial charge on any atom is 0.410 e. The topological polar surface area (TPSA) is 169 Å². The number of hydrogen-bond donors (Lipinski definition) is 3. The van der Waals surface area contributed by atoms with E-state index in [0.29, 0.717) is 0 Å². The lowest BCUT2D eigenvalue weighted by atomic mass is 10.2. The molecule has 2 aromatic heterocycles. The quantitative estimate of drug-likeness (QED) is 0.436. The Hall–Kier alpha value is -4.06. The number of ether oxygens (including phenoxy) is 2. The van der Waals surface area contributed by atoms with Crippen LogP contribution in [0.5, 0.6) is 0 Å². The number of aromatic amines is 1. The van der Waals surface area contributed by atoms with Crippen LogP contribution in [0.15, 0.2) is 36.7 Å². The number of hydrogen-bond acceptors (Lipinski definition) is 9. The fraction of sp³-hybridized carbons (Fsp3) is 0.364. The Kier molecular flexibility index (Phi) is 7.41. The van der Waals surface area contributed by atoms with Gasteiger partial charge in [0.1, 0.15) is 24.3 Å². The monoisotopic (exact) mass is 469 g/mol. The molecular formula is C22H27N7O5. The molecule has 1 aromatic carbocycles. The van der Waals surface area contributed by atoms with Crippen molar-refractivity contribution in [1.82, 2.24) is 24.4 Å². The highest BCUT2D eigenvalue weighted by atomic mass is 16.6. The molecule has 0 aliphatic carbocycles. The maximum atomic E-state index is 13.3. The third-order valence-corrected chi connectivity index (χ3v) is 4.52. The van der Waals surface area contributed by atoms with Gasteiger partial charge in [0.2, 0.25) is 5.82 Å². The van der Waals surface area contributed by atoms with Crippen LogP contribution < -0.4 is 11.2 Å². The lowest BCUT2D eigenvalue weighted by Crippen LogP contribution is -2.46. The first-order valence-corrected chi connectivity index (χ1v) is 10.5. The first kappa shape index (κ1) is 24.6. The van der Waals surface area contributed by atoms with Crippen LogP contribution in [0.3, 0.4) is 0 Å². The number of amides is 1. The van der Waals surface area contributed by atoms with Gasteiger partial charge in [-0.3, -0.25) is 15.1 Å². The summed E-state index contributed by atoms with van der Waals surface area (Å²) in [5, 5.41) is 8.48. The number of aromatic nitrogens is 4. The summed E-state index contributed by atoms with van der Waals surface area (Å²) in [5.41, 5.74) is 5.43. The third kappa shape index (κ3) is 5.84. The van der Waals surface area contributed by atoms with Crippen molar-refractivity contribution in [1.29, 1.82) is 5.41 Å². The molecule has 0 spiro atoms. The second-order valence-corrected chi connectivity index (χ2v) is 8.37. The SMILES string of the molecule is CC(C)(C)OC(=O)N(CCN)CC(=O)n1c(C(=O)OCc2ccccc2)nc2nc[nH]c2c1=N. The minimum Gasteiger partial charge on any atom is -0.455 e. The van der Waals surface area contributed by atoms with Gasteiger partial charge in [0.25, 0.3) is 5.91 Å². The number of carbonyl (C=O) groups is 3. The Labute approximate surface area is 195 Å². The van der Waals surface area contributed by atoms with Crippen molar-refractivity contribution in [2.24, 2.45) is 5.73 Å². The number of H-pyrrole nitrogens is 1. The van der Waals surface area contributed by atoms with Crippen LogP contribution in [0.25, 0.3) is 11.2 Å². The highest BCUT2D eigenvalue weighted by Crippen LogP contribution is 2.11. The summed E-state index contributed by atoms with van der Waals surface area (Å²) in [6.45, 7) is 4.64. The first-order chi connectivity index (χ1) is 16.1. The van der Waals surface area contributed by atoms with Gasteiger partial charge in [-0.1, -0.05) is 30.3 Å². The second kappa shape index (κ2) is 10.3. The zero-order valence-corrected chi connectivity index (χ0v) is 19.2. The molecule has 0 bridgehead atoms. The minimum absolute atomic E-state index is 0.0298. The van der Waals surface area contributed by atoms with Crippen molar-refractivity contribution in [3.63, 3.8) is 0 Å². The molecule has 12 nitrogen and oxygen atoms in total. The number of nitrogens with two attached hydrogens (primary N) is 1. The highest BCUT2D eigenvalue weighted by molar-refractivity contribution is 5.95. The van der Waals surface area contributed by atoms with Gasteiger partial charge < -0.3 is 20.2 Å². The fourth-order valence-corrected chi connectivity index (χ4v) is 3.03. The molecule has 12 heteroatoms. The van der Waals surface area contributed by atoms with E-state index in [-0.39, 0.29) is 36.3 Å². The summed E-state index contributed by atoms with van der Waals surface area (Å²) < 4.78 is 11.5. The average Bonchev–Trinajstić information content (AvgIpc) is 3.25. The number of rotatable bonds is 7. The van der Waals surface area contributed by atoms with Crippen molar-refractivity contribution in [2.75, 3.05) is 19.6 Å². The van der Waals surface area contributed by atoms with Crippen molar-refractivity contribution < 1.29 is 23.9 Å². The van der Waals surface area contributed by atoms with Gasteiger partial charge in [0.15, 0.2) is 11.1 Å². The zero-order chi connectivity index (χ0) is 24.9. The minimum atomic E-state index is -0.918. The highest BCUT2D eigenvalue weighted by Gasteiger charge is 2.28. The van der Waals surface area contributed by atoms with Crippen molar-refractivity contribution >= 4 is 29.1 Å². The molecule has 0 atom stereocenters. The van der Waals surface area contributed by atoms with E-state index < -0.39 is 35.9 Å². The van der Waals surface area contributed by atoms with E-state index in [9.17, 15) is 14.4 Å². The molecule has 3 rings (SSSR count). The Balaban J connectivity index is 1.93. The molecule has 3 aromatic rings. The number of nitrogens with zero attached hydrogens (tertiary/aromatic N) is 4. The van der Waals surface area contributed by atoms with Gasteiger partial charge in [-0.05, 0) is 26.3 Å². The third-order valence-electron chi connectivity index (χ3n) is 4.52. The van der Waals surface area contributed by atoms with Crippen molar-refractivity contribution in [3.05, 3.63) is 53.5 Å². The lowest BCUT2D eigenvalue weighted by Gasteiger charge is -2.27. The van der Waals surface area contributed by atoms with Crippen molar-refractivity contribution in [2.45, 2.75) is 33.0 Å². The molecule has 4 N–H and O–H groups in total. The molecule has 0 unspecified atom stereocenters. The predicted molar refractivity (Wildman–Crippen MR) is 121 cm³/mol. The summed E-state index contributed by atoms with van der Waals surface area (Å²) in [6.07, 6.45) is 0.549. The maximum absolute atomic E-state index is 13.3. The summed E-state index contributed by atoms with van der Waals surface area (Å²) in [7, 11) is 0. The summed E-state index contributed by atoms with van der Waals surface area (Å²) >= 11 is 0. The van der Waals surface area contributed by atoms with Crippen LogP contribution in [0.2, 0.25) is 0 Å². The molecule has 0 aliphatic heterocycles. The van der Waals surface area contributed by atoms with Crippen LogP contribution >= 0.6 is 0 Å². The average molecular weight is 470 g/mol. The molecule has 0 radical (unpaired) electrons. The molecule has 2 heterocycles. The Morgan fingerprint density at radius 2 is 1.91 bits per heavy atom. The molecular weight excluding hydrogens is 442 g/mol. The Morgan fingerprint density at radius 1 is 1.21 bits per heavy atom. The molecule has 0 aliphatic rings. The van der Waals surface area contributed by atoms with Gasteiger partial charge in [0.05, 0.1) is 6.33 Å². The lowest BCUT2D eigenvalue weighted by molar-refractivity contribution is 0.0242. The Bertz CT molecular complexity index is 1240. The number of benzene rings is 1. The van der Waals surface area contributed by atoms with Crippen LogP contribution in [0, 0.1) is 5.41 Å². The van der Waals surface area contributed by atoms with E-state index >= 15 is 0 Å². The second-order valence-electron chi connectivity index (χ2n) is 8.37. The smallest absolute Gasteiger partial charge is 0.410 e. The number of fused-ring (bicyclic) bond motifs is 1. The first-order valence-electron chi connectivity index (χ1n) is 10.5. The van der Waals surface area contributed by atoms with E-state index in [0.717, 1.165) is 15.0 Å². The van der Waals surface area contributed by atoms with Gasteiger partial charge in [-0.25, -0.2) is 24.1 Å². The number of nitrogens with one attached hydrogen (secondary N) is 2. The van der Waals surface area contributed by atoms with Gasteiger partial charge >= 0.3 is 12.1 Å². The van der Waals surface area contributed by atoms with Gasteiger partial charge in [-0.2, -0.15) is 0 Å². The van der Waals surface area contributed by atoms with Gasteiger partial charge in [-0.15, -0.1) is 0 Å². The number of imidazole rings is 1. The van der Waals surface area contributed by atoms with E-state index in [4.69, 9.17) is 20.6 Å². The molecule has 1 amide bonds. The van der Waals surface area contributed by atoms with Crippen LogP contribution in [0.1, 0.15) is 41.7 Å². The fourth-order valence-electron chi connectivity index (χ4n) is 3.03. The largest absolute Gasteiger partial charge is 0.455 e. The summed E-state index contributed by atoms with van der Waals surface area (Å²) in [5.74, 6) is -2.11. The normalized spacial score (nSPS) is 11.3.